The van der Waals surface area contributed by atoms with Crippen LogP contribution in [0.4, 0.5) is 0 Å². The Balaban J connectivity index is 1.81. The number of para-hydroxylation sites is 1. The van der Waals surface area contributed by atoms with Crippen molar-refractivity contribution < 1.29 is 4.42 Å². The molecule has 1 N–H and O–H groups in total. The van der Waals surface area contributed by atoms with E-state index in [0.29, 0.717) is 6.04 Å². The van der Waals surface area contributed by atoms with E-state index in [1.54, 1.807) is 0 Å². The lowest BCUT2D eigenvalue weighted by Gasteiger charge is -2.25. The Morgan fingerprint density at radius 2 is 2.05 bits per heavy atom. The summed E-state index contributed by atoms with van der Waals surface area (Å²) in [6.45, 7) is 2.12. The molecule has 1 aromatic carbocycles. The minimum atomic E-state index is 0.352. The molecule has 0 saturated heterocycles. The van der Waals surface area contributed by atoms with Crippen LogP contribution in [0.15, 0.2) is 28.7 Å². The van der Waals surface area contributed by atoms with E-state index >= 15 is 0 Å². The largest absolute Gasteiger partial charge is 0.459 e. The van der Waals surface area contributed by atoms with Gasteiger partial charge in [-0.15, -0.1) is 0 Å². The van der Waals surface area contributed by atoms with Gasteiger partial charge in [0.05, 0.1) is 6.04 Å². The second-order valence-electron chi connectivity index (χ2n) is 6.22. The van der Waals surface area contributed by atoms with Gasteiger partial charge in [-0.2, -0.15) is 0 Å². The summed E-state index contributed by atoms with van der Waals surface area (Å²) in [6, 6.07) is 8.93. The zero-order chi connectivity index (χ0) is 13.9. The first-order chi connectivity index (χ1) is 9.78. The summed E-state index contributed by atoms with van der Waals surface area (Å²) in [4.78, 5) is 0. The lowest BCUT2D eigenvalue weighted by Crippen LogP contribution is -2.20. The molecule has 0 amide bonds. The van der Waals surface area contributed by atoms with Gasteiger partial charge in [-0.3, -0.25) is 0 Å². The normalized spacial score (nSPS) is 18.5. The zero-order valence-corrected chi connectivity index (χ0v) is 12.6. The van der Waals surface area contributed by atoms with E-state index < -0.39 is 0 Å². The predicted molar refractivity (Wildman–Crippen MR) is 83.9 cm³/mol. The number of nitrogens with one attached hydrogen (secondary N) is 1. The van der Waals surface area contributed by atoms with Crippen LogP contribution in [0.3, 0.4) is 0 Å². The average molecular weight is 271 g/mol. The highest BCUT2D eigenvalue weighted by molar-refractivity contribution is 5.80. The molecule has 0 radical (unpaired) electrons. The molecule has 2 heteroatoms. The van der Waals surface area contributed by atoms with Gasteiger partial charge >= 0.3 is 0 Å². The SMILES string of the molecule is CNC(CC1CCCCC1)c1cc2cccc(C)c2o1. The predicted octanol–water partition coefficient (Wildman–Crippen LogP) is 4.97. The lowest BCUT2D eigenvalue weighted by atomic mass is 9.84. The molecule has 1 saturated carbocycles. The van der Waals surface area contributed by atoms with Crippen LogP contribution < -0.4 is 5.32 Å². The number of hydrogen-bond acceptors (Lipinski definition) is 2. The highest BCUT2D eigenvalue weighted by Crippen LogP contribution is 2.34. The molecule has 0 aliphatic heterocycles. The van der Waals surface area contributed by atoms with Crippen LogP contribution in [0.5, 0.6) is 0 Å². The van der Waals surface area contributed by atoms with E-state index in [9.17, 15) is 0 Å². The molecule has 1 aromatic heterocycles. The summed E-state index contributed by atoms with van der Waals surface area (Å²) in [5.74, 6) is 1.96. The van der Waals surface area contributed by atoms with Crippen LogP contribution in [0, 0.1) is 12.8 Å². The van der Waals surface area contributed by atoms with Crippen LogP contribution in [0.25, 0.3) is 11.0 Å². The standard InChI is InChI=1S/C18H25NO/c1-13-7-6-10-15-12-17(20-18(13)15)16(19-2)11-14-8-4-3-5-9-14/h6-7,10,12,14,16,19H,3-5,8-9,11H2,1-2H3. The Morgan fingerprint density at radius 1 is 1.25 bits per heavy atom. The van der Waals surface area contributed by atoms with Gasteiger partial charge in [0, 0.05) is 5.39 Å². The van der Waals surface area contributed by atoms with Crippen molar-refractivity contribution in [3.63, 3.8) is 0 Å². The maximum atomic E-state index is 6.13. The monoisotopic (exact) mass is 271 g/mol. The molecule has 0 spiro atoms. The van der Waals surface area contributed by atoms with Crippen LogP contribution in [0.1, 0.15) is 55.9 Å². The Bertz CT molecular complexity index is 566. The molecule has 1 heterocycles. The molecular formula is C18H25NO. The quantitative estimate of drug-likeness (QED) is 0.849. The van der Waals surface area contributed by atoms with Crippen molar-refractivity contribution in [2.24, 2.45) is 5.92 Å². The third kappa shape index (κ3) is 2.76. The topological polar surface area (TPSA) is 25.2 Å². The molecule has 2 aromatic rings. The fourth-order valence-corrected chi connectivity index (χ4v) is 3.53. The molecule has 0 bridgehead atoms. The minimum absolute atomic E-state index is 0.352. The van der Waals surface area contributed by atoms with Crippen molar-refractivity contribution in [2.45, 2.75) is 51.5 Å². The molecule has 2 nitrogen and oxygen atoms in total. The van der Waals surface area contributed by atoms with Gasteiger partial charge in [-0.1, -0.05) is 50.3 Å². The van der Waals surface area contributed by atoms with Gasteiger partial charge in [0.1, 0.15) is 11.3 Å². The van der Waals surface area contributed by atoms with Crippen molar-refractivity contribution in [1.29, 1.82) is 0 Å². The number of furan rings is 1. The molecule has 1 unspecified atom stereocenters. The Labute approximate surface area is 121 Å². The first-order valence-corrected chi connectivity index (χ1v) is 7.94. The molecular weight excluding hydrogens is 246 g/mol. The van der Waals surface area contributed by atoms with Crippen LogP contribution in [-0.2, 0) is 0 Å². The molecule has 3 rings (SSSR count). The molecule has 108 valence electrons. The molecule has 1 atom stereocenters. The van der Waals surface area contributed by atoms with Crippen molar-refractivity contribution in [3.8, 4) is 0 Å². The van der Waals surface area contributed by atoms with Crippen LogP contribution >= 0.6 is 0 Å². The van der Waals surface area contributed by atoms with Crippen molar-refractivity contribution in [2.75, 3.05) is 7.05 Å². The number of benzene rings is 1. The number of fused-ring (bicyclic) bond motifs is 1. The van der Waals surface area contributed by atoms with Gasteiger partial charge in [0.25, 0.3) is 0 Å². The highest BCUT2D eigenvalue weighted by Gasteiger charge is 2.21. The van der Waals surface area contributed by atoms with Crippen molar-refractivity contribution >= 4 is 11.0 Å². The Kier molecular flexibility index (Phi) is 4.11. The molecule has 1 fully saturated rings. The maximum absolute atomic E-state index is 6.13. The summed E-state index contributed by atoms with van der Waals surface area (Å²) in [7, 11) is 2.05. The number of rotatable bonds is 4. The summed E-state index contributed by atoms with van der Waals surface area (Å²) in [6.07, 6.45) is 8.20. The van der Waals surface area contributed by atoms with Crippen LogP contribution in [-0.4, -0.2) is 7.05 Å². The minimum Gasteiger partial charge on any atom is -0.459 e. The first-order valence-electron chi connectivity index (χ1n) is 7.94. The highest BCUT2D eigenvalue weighted by atomic mass is 16.3. The molecule has 1 aliphatic rings. The average Bonchev–Trinajstić information content (AvgIpc) is 2.91. The van der Waals surface area contributed by atoms with Gasteiger partial charge < -0.3 is 9.73 Å². The first kappa shape index (κ1) is 13.7. The smallest absolute Gasteiger partial charge is 0.137 e. The third-order valence-corrected chi connectivity index (χ3v) is 4.75. The molecule has 1 aliphatic carbocycles. The van der Waals surface area contributed by atoms with Gasteiger partial charge in [0.15, 0.2) is 0 Å². The summed E-state index contributed by atoms with van der Waals surface area (Å²) in [5.41, 5.74) is 2.27. The summed E-state index contributed by atoms with van der Waals surface area (Å²) >= 11 is 0. The van der Waals surface area contributed by atoms with E-state index in [4.69, 9.17) is 4.42 Å². The van der Waals surface area contributed by atoms with Gasteiger partial charge in [0.2, 0.25) is 0 Å². The fourth-order valence-electron chi connectivity index (χ4n) is 3.53. The zero-order valence-electron chi connectivity index (χ0n) is 12.6. The van der Waals surface area contributed by atoms with Crippen molar-refractivity contribution in [3.05, 3.63) is 35.6 Å². The van der Waals surface area contributed by atoms with E-state index in [1.165, 1.54) is 49.5 Å². The Morgan fingerprint density at radius 3 is 2.75 bits per heavy atom. The number of hydrogen-bond donors (Lipinski definition) is 1. The second kappa shape index (κ2) is 6.01. The maximum Gasteiger partial charge on any atom is 0.137 e. The summed E-state index contributed by atoms with van der Waals surface area (Å²) in [5, 5.41) is 4.68. The second-order valence-corrected chi connectivity index (χ2v) is 6.22. The van der Waals surface area contributed by atoms with Crippen molar-refractivity contribution in [1.82, 2.24) is 5.32 Å². The summed E-state index contributed by atoms with van der Waals surface area (Å²) < 4.78 is 6.13. The lowest BCUT2D eigenvalue weighted by molar-refractivity contribution is 0.290. The van der Waals surface area contributed by atoms with E-state index in [-0.39, 0.29) is 0 Å². The van der Waals surface area contributed by atoms with Gasteiger partial charge in [-0.05, 0) is 37.9 Å². The molecule has 20 heavy (non-hydrogen) atoms. The number of aryl methyl sites for hydroxylation is 1. The van der Waals surface area contributed by atoms with Crippen LogP contribution in [0.2, 0.25) is 0 Å². The van der Waals surface area contributed by atoms with E-state index in [1.807, 2.05) is 7.05 Å². The van der Waals surface area contributed by atoms with Gasteiger partial charge in [-0.25, -0.2) is 0 Å². The third-order valence-electron chi connectivity index (χ3n) is 4.75. The van der Waals surface area contributed by atoms with E-state index in [2.05, 4.69) is 36.5 Å². The Hall–Kier alpha value is -1.28. The fraction of sp³-hybridized carbons (Fsp3) is 0.556. The van der Waals surface area contributed by atoms with E-state index in [0.717, 1.165) is 17.3 Å².